The Morgan fingerprint density at radius 2 is 1.88 bits per heavy atom. The Bertz CT molecular complexity index is 558. The molecule has 0 fully saturated rings. The number of fused-ring (bicyclic) bond motifs is 1. The van der Waals surface area contributed by atoms with Crippen LogP contribution in [0.15, 0.2) is 36.4 Å². The third-order valence-corrected chi connectivity index (χ3v) is 2.61. The van der Waals surface area contributed by atoms with E-state index in [1.54, 1.807) is 6.07 Å². The third kappa shape index (κ3) is 2.38. The number of nitrogens with zero attached hydrogens (tertiary/aromatic N) is 1. The van der Waals surface area contributed by atoms with E-state index in [4.69, 9.17) is 15.7 Å². The summed E-state index contributed by atoms with van der Waals surface area (Å²) in [6, 6.07) is 13.6. The molecule has 0 atom stereocenters. The molecular weight excluding hydrogens is 212 g/mol. The van der Waals surface area contributed by atoms with Gasteiger partial charge >= 0.3 is 0 Å². The molecule has 0 aliphatic carbocycles. The zero-order valence-corrected chi connectivity index (χ0v) is 9.52. The summed E-state index contributed by atoms with van der Waals surface area (Å²) in [5.74, 6) is 0.813. The molecule has 2 rings (SSSR count). The number of hydrogen-bond acceptors (Lipinski definition) is 3. The van der Waals surface area contributed by atoms with E-state index in [0.29, 0.717) is 18.7 Å². The number of hydrogen-bond donors (Lipinski definition) is 1. The van der Waals surface area contributed by atoms with Gasteiger partial charge in [0.2, 0.25) is 0 Å². The molecule has 0 saturated heterocycles. The van der Waals surface area contributed by atoms with Gasteiger partial charge in [0.15, 0.2) is 0 Å². The van der Waals surface area contributed by atoms with Crippen LogP contribution in [0.3, 0.4) is 0 Å². The molecule has 2 N–H and O–H groups in total. The van der Waals surface area contributed by atoms with Gasteiger partial charge in [0.1, 0.15) is 5.75 Å². The van der Waals surface area contributed by atoms with Crippen molar-refractivity contribution in [2.45, 2.75) is 6.42 Å². The van der Waals surface area contributed by atoms with Crippen LogP contribution in [-0.4, -0.2) is 13.2 Å². The lowest BCUT2D eigenvalue weighted by molar-refractivity contribution is 0.317. The molecule has 0 radical (unpaired) electrons. The number of rotatable bonds is 4. The molecule has 3 heteroatoms. The summed E-state index contributed by atoms with van der Waals surface area (Å²) in [4.78, 5) is 0. The fourth-order valence-electron chi connectivity index (χ4n) is 1.76. The van der Waals surface area contributed by atoms with Crippen molar-refractivity contribution < 1.29 is 4.74 Å². The van der Waals surface area contributed by atoms with Gasteiger partial charge in [-0.25, -0.2) is 0 Å². The van der Waals surface area contributed by atoms with Gasteiger partial charge in [-0.3, -0.25) is 0 Å². The highest BCUT2D eigenvalue weighted by atomic mass is 16.5. The largest absolute Gasteiger partial charge is 0.493 e. The first-order valence-corrected chi connectivity index (χ1v) is 5.61. The second-order valence-electron chi connectivity index (χ2n) is 3.76. The Hall–Kier alpha value is -2.05. The summed E-state index contributed by atoms with van der Waals surface area (Å²) in [6.07, 6.45) is 0.828. The maximum Gasteiger partial charge on any atom is 0.127 e. The third-order valence-electron chi connectivity index (χ3n) is 2.61. The molecule has 86 valence electrons. The summed E-state index contributed by atoms with van der Waals surface area (Å²) < 4.78 is 5.67. The Morgan fingerprint density at radius 1 is 1.12 bits per heavy atom. The number of nitriles is 1. The molecule has 0 aliphatic heterocycles. The second-order valence-corrected chi connectivity index (χ2v) is 3.76. The van der Waals surface area contributed by atoms with E-state index < -0.39 is 0 Å². The van der Waals surface area contributed by atoms with Crippen molar-refractivity contribution in [3.8, 4) is 11.8 Å². The number of ether oxygens (including phenoxy) is 1. The van der Waals surface area contributed by atoms with Crippen molar-refractivity contribution in [3.05, 3.63) is 42.0 Å². The minimum absolute atomic E-state index is 0.604. The molecule has 0 aliphatic rings. The molecule has 0 unspecified atom stereocenters. The van der Waals surface area contributed by atoms with Gasteiger partial charge in [-0.1, -0.05) is 24.3 Å². The van der Waals surface area contributed by atoms with E-state index in [9.17, 15) is 0 Å². The van der Waals surface area contributed by atoms with Crippen LogP contribution < -0.4 is 10.5 Å². The fourth-order valence-corrected chi connectivity index (χ4v) is 1.76. The maximum atomic E-state index is 9.03. The molecule has 2 aromatic carbocycles. The highest BCUT2D eigenvalue weighted by molar-refractivity contribution is 5.92. The average molecular weight is 226 g/mol. The molecule has 3 nitrogen and oxygen atoms in total. The van der Waals surface area contributed by atoms with Crippen LogP contribution in [0.25, 0.3) is 10.8 Å². The topological polar surface area (TPSA) is 59.0 Å². The summed E-state index contributed by atoms with van der Waals surface area (Å²) in [5, 5.41) is 10.9. The Balaban J connectivity index is 2.41. The minimum atomic E-state index is 0.604. The predicted octanol–water partition coefficient (Wildman–Crippen LogP) is 2.44. The highest BCUT2D eigenvalue weighted by Gasteiger charge is 2.05. The summed E-state index contributed by atoms with van der Waals surface area (Å²) in [7, 11) is 0. The van der Waals surface area contributed by atoms with Crippen LogP contribution in [0, 0.1) is 11.3 Å². The van der Waals surface area contributed by atoms with Gasteiger partial charge in [-0.05, 0) is 25.1 Å². The van der Waals surface area contributed by atoms with Crippen LogP contribution in [-0.2, 0) is 0 Å². The van der Waals surface area contributed by atoms with Crippen LogP contribution in [0.4, 0.5) is 0 Å². The molecule has 0 amide bonds. The SMILES string of the molecule is N#Cc1ccc(OCCCN)c2ccccc12. The van der Waals surface area contributed by atoms with E-state index in [2.05, 4.69) is 6.07 Å². The number of nitrogens with two attached hydrogens (primary N) is 1. The molecule has 0 saturated carbocycles. The van der Waals surface area contributed by atoms with E-state index in [0.717, 1.165) is 22.9 Å². The van der Waals surface area contributed by atoms with Gasteiger partial charge in [-0.15, -0.1) is 0 Å². The van der Waals surface area contributed by atoms with Crippen molar-refractivity contribution in [2.75, 3.05) is 13.2 Å². The van der Waals surface area contributed by atoms with Gasteiger partial charge in [0.25, 0.3) is 0 Å². The average Bonchev–Trinajstić information content (AvgIpc) is 2.39. The van der Waals surface area contributed by atoms with Crippen molar-refractivity contribution in [3.63, 3.8) is 0 Å². The smallest absolute Gasteiger partial charge is 0.127 e. The molecule has 17 heavy (non-hydrogen) atoms. The monoisotopic (exact) mass is 226 g/mol. The Kier molecular flexibility index (Phi) is 3.59. The van der Waals surface area contributed by atoms with Crippen LogP contribution in [0.5, 0.6) is 5.75 Å². The molecule has 2 aromatic rings. The van der Waals surface area contributed by atoms with E-state index >= 15 is 0 Å². The molecular formula is C14H14N2O. The van der Waals surface area contributed by atoms with E-state index in [-0.39, 0.29) is 0 Å². The zero-order valence-electron chi connectivity index (χ0n) is 9.52. The van der Waals surface area contributed by atoms with E-state index in [1.807, 2.05) is 30.3 Å². The van der Waals surface area contributed by atoms with Crippen LogP contribution >= 0.6 is 0 Å². The summed E-state index contributed by atoms with van der Waals surface area (Å²) >= 11 is 0. The van der Waals surface area contributed by atoms with Gasteiger partial charge < -0.3 is 10.5 Å². The van der Waals surface area contributed by atoms with Crippen molar-refractivity contribution >= 4 is 10.8 Å². The minimum Gasteiger partial charge on any atom is -0.493 e. The fraction of sp³-hybridized carbons (Fsp3) is 0.214. The molecule has 0 spiro atoms. The standard InChI is InChI=1S/C14H14N2O/c15-8-3-9-17-14-7-6-11(10-16)12-4-1-2-5-13(12)14/h1-2,4-7H,3,8-9,15H2. The zero-order chi connectivity index (χ0) is 12.1. The normalized spacial score (nSPS) is 10.1. The van der Waals surface area contributed by atoms with Crippen molar-refractivity contribution in [1.82, 2.24) is 0 Å². The van der Waals surface area contributed by atoms with Gasteiger partial charge in [-0.2, -0.15) is 5.26 Å². The maximum absolute atomic E-state index is 9.03. The van der Waals surface area contributed by atoms with Crippen LogP contribution in [0.2, 0.25) is 0 Å². The first kappa shape index (κ1) is 11.4. The molecule has 0 aromatic heterocycles. The van der Waals surface area contributed by atoms with Crippen molar-refractivity contribution in [2.24, 2.45) is 5.73 Å². The summed E-state index contributed by atoms with van der Waals surface area (Å²) in [6.45, 7) is 1.22. The predicted molar refractivity (Wildman–Crippen MR) is 67.8 cm³/mol. The summed E-state index contributed by atoms with van der Waals surface area (Å²) in [5.41, 5.74) is 6.10. The lowest BCUT2D eigenvalue weighted by atomic mass is 10.0. The van der Waals surface area contributed by atoms with Crippen molar-refractivity contribution in [1.29, 1.82) is 5.26 Å². The van der Waals surface area contributed by atoms with Gasteiger partial charge in [0.05, 0.1) is 18.2 Å². The second kappa shape index (κ2) is 5.33. The lowest BCUT2D eigenvalue weighted by Gasteiger charge is -2.09. The number of benzene rings is 2. The molecule has 0 bridgehead atoms. The Labute approximate surface area is 100 Å². The quantitative estimate of drug-likeness (QED) is 0.814. The molecule has 0 heterocycles. The first-order valence-electron chi connectivity index (χ1n) is 5.61. The Morgan fingerprint density at radius 3 is 2.59 bits per heavy atom. The van der Waals surface area contributed by atoms with E-state index in [1.165, 1.54) is 0 Å². The van der Waals surface area contributed by atoms with Gasteiger partial charge in [0, 0.05) is 10.8 Å². The van der Waals surface area contributed by atoms with Crippen LogP contribution in [0.1, 0.15) is 12.0 Å². The first-order chi connectivity index (χ1) is 8.36. The highest BCUT2D eigenvalue weighted by Crippen LogP contribution is 2.28. The lowest BCUT2D eigenvalue weighted by Crippen LogP contribution is -2.06.